The lowest BCUT2D eigenvalue weighted by Gasteiger charge is -2.25. The van der Waals surface area contributed by atoms with Gasteiger partial charge in [0.25, 0.3) is 0 Å². The molecule has 3 rings (SSSR count). The molecular weight excluding hydrogens is 302 g/mol. The van der Waals surface area contributed by atoms with Crippen LogP contribution in [0, 0.1) is 6.92 Å². The number of hydrogen-bond acceptors (Lipinski definition) is 3. The SMILES string of the molecule is CC(=O)C1=CCCN(Sc2ccc(C)cc2)C1.c1ccccc1. The first-order chi connectivity index (χ1) is 11.1. The van der Waals surface area contributed by atoms with E-state index in [1.165, 1.54) is 10.5 Å². The van der Waals surface area contributed by atoms with Crippen LogP contribution in [0.3, 0.4) is 0 Å². The van der Waals surface area contributed by atoms with E-state index >= 15 is 0 Å². The molecule has 23 heavy (non-hydrogen) atoms. The van der Waals surface area contributed by atoms with E-state index in [0.717, 1.165) is 25.1 Å². The van der Waals surface area contributed by atoms with Crippen LogP contribution in [0.2, 0.25) is 0 Å². The number of ketones is 1. The molecule has 0 fully saturated rings. The second-order valence-electron chi connectivity index (χ2n) is 5.50. The van der Waals surface area contributed by atoms with Crippen molar-refractivity contribution >= 4 is 17.7 Å². The third-order valence-electron chi connectivity index (χ3n) is 3.49. The van der Waals surface area contributed by atoms with Crippen molar-refractivity contribution < 1.29 is 4.79 Å². The Bertz CT molecular complexity index is 608. The molecule has 0 amide bonds. The highest BCUT2D eigenvalue weighted by Gasteiger charge is 2.16. The van der Waals surface area contributed by atoms with Gasteiger partial charge in [0.1, 0.15) is 0 Å². The normalized spacial score (nSPS) is 14.4. The first-order valence-corrected chi connectivity index (χ1v) is 8.62. The van der Waals surface area contributed by atoms with Crippen molar-refractivity contribution in [3.8, 4) is 0 Å². The third-order valence-corrected chi connectivity index (χ3v) is 4.54. The lowest BCUT2D eigenvalue weighted by atomic mass is 10.1. The predicted octanol–water partition coefficient (Wildman–Crippen LogP) is 4.91. The van der Waals surface area contributed by atoms with Crippen LogP contribution >= 0.6 is 11.9 Å². The smallest absolute Gasteiger partial charge is 0.156 e. The predicted molar refractivity (Wildman–Crippen MR) is 98.4 cm³/mol. The van der Waals surface area contributed by atoms with Crippen molar-refractivity contribution in [2.75, 3.05) is 13.1 Å². The zero-order valence-corrected chi connectivity index (χ0v) is 14.6. The van der Waals surface area contributed by atoms with Crippen LogP contribution in [-0.4, -0.2) is 23.2 Å². The van der Waals surface area contributed by atoms with E-state index in [1.807, 2.05) is 36.4 Å². The van der Waals surface area contributed by atoms with Crippen molar-refractivity contribution in [1.29, 1.82) is 0 Å². The lowest BCUT2D eigenvalue weighted by molar-refractivity contribution is -0.113. The minimum atomic E-state index is 0.194. The average Bonchev–Trinajstić information content (AvgIpc) is 2.59. The number of aryl methyl sites for hydroxylation is 1. The van der Waals surface area contributed by atoms with Crippen molar-refractivity contribution in [3.63, 3.8) is 0 Å². The molecule has 0 N–H and O–H groups in total. The van der Waals surface area contributed by atoms with Gasteiger partial charge in [0.2, 0.25) is 0 Å². The fraction of sp³-hybridized carbons (Fsp3) is 0.250. The van der Waals surface area contributed by atoms with E-state index in [0.29, 0.717) is 0 Å². The van der Waals surface area contributed by atoms with E-state index in [-0.39, 0.29) is 5.78 Å². The maximum atomic E-state index is 11.3. The molecule has 0 aliphatic carbocycles. The van der Waals surface area contributed by atoms with E-state index in [9.17, 15) is 4.79 Å². The van der Waals surface area contributed by atoms with Gasteiger partial charge in [0.05, 0.1) is 0 Å². The largest absolute Gasteiger partial charge is 0.295 e. The van der Waals surface area contributed by atoms with E-state index in [2.05, 4.69) is 41.6 Å². The van der Waals surface area contributed by atoms with Gasteiger partial charge in [-0.2, -0.15) is 0 Å². The number of benzene rings is 2. The summed E-state index contributed by atoms with van der Waals surface area (Å²) in [6, 6.07) is 20.5. The highest BCUT2D eigenvalue weighted by atomic mass is 32.2. The number of nitrogens with zero attached hydrogens (tertiary/aromatic N) is 1. The zero-order chi connectivity index (χ0) is 16.5. The summed E-state index contributed by atoms with van der Waals surface area (Å²) < 4.78 is 2.25. The van der Waals surface area contributed by atoms with Crippen molar-refractivity contribution in [1.82, 2.24) is 4.31 Å². The highest BCUT2D eigenvalue weighted by molar-refractivity contribution is 7.97. The number of hydrogen-bond donors (Lipinski definition) is 0. The first-order valence-electron chi connectivity index (χ1n) is 7.85. The Kier molecular flexibility index (Phi) is 7.11. The van der Waals surface area contributed by atoms with Crippen LogP contribution in [0.15, 0.2) is 77.2 Å². The molecule has 0 saturated heterocycles. The average molecular weight is 325 g/mol. The van der Waals surface area contributed by atoms with Crippen LogP contribution in [0.4, 0.5) is 0 Å². The summed E-state index contributed by atoms with van der Waals surface area (Å²) in [5.74, 6) is 0.194. The summed E-state index contributed by atoms with van der Waals surface area (Å²) in [6.07, 6.45) is 3.03. The van der Waals surface area contributed by atoms with Crippen molar-refractivity contribution in [3.05, 3.63) is 77.9 Å². The Morgan fingerprint density at radius 3 is 2.09 bits per heavy atom. The van der Waals surface area contributed by atoms with Gasteiger partial charge in [-0.3, -0.25) is 4.79 Å². The Morgan fingerprint density at radius 2 is 1.57 bits per heavy atom. The molecular formula is C20H23NOS. The van der Waals surface area contributed by atoms with Gasteiger partial charge >= 0.3 is 0 Å². The molecule has 1 aliphatic heterocycles. The molecule has 0 atom stereocenters. The maximum Gasteiger partial charge on any atom is 0.156 e. The summed E-state index contributed by atoms with van der Waals surface area (Å²) in [7, 11) is 0. The quantitative estimate of drug-likeness (QED) is 0.748. The summed E-state index contributed by atoms with van der Waals surface area (Å²) >= 11 is 1.73. The number of Topliss-reactive ketones (excluding diaryl/α,β-unsaturated/α-hetero) is 1. The second-order valence-corrected chi connectivity index (χ2v) is 6.67. The summed E-state index contributed by atoms with van der Waals surface area (Å²) in [4.78, 5) is 12.6. The lowest BCUT2D eigenvalue weighted by Crippen LogP contribution is -2.25. The Balaban J connectivity index is 0.000000268. The van der Waals surface area contributed by atoms with Gasteiger partial charge in [-0.25, -0.2) is 4.31 Å². The Morgan fingerprint density at radius 1 is 1.00 bits per heavy atom. The monoisotopic (exact) mass is 325 g/mol. The zero-order valence-electron chi connectivity index (χ0n) is 13.7. The van der Waals surface area contributed by atoms with Gasteiger partial charge in [0, 0.05) is 23.6 Å². The fourth-order valence-corrected chi connectivity index (χ4v) is 3.14. The van der Waals surface area contributed by atoms with Crippen molar-refractivity contribution in [2.24, 2.45) is 0 Å². The van der Waals surface area contributed by atoms with Gasteiger partial charge in [0.15, 0.2) is 5.78 Å². The summed E-state index contributed by atoms with van der Waals surface area (Å²) in [5.41, 5.74) is 2.22. The molecule has 0 spiro atoms. The molecule has 2 aromatic rings. The second kappa shape index (κ2) is 9.33. The standard InChI is InChI=1S/C14H17NOS.C6H6/c1-11-5-7-14(8-6-11)17-15-9-3-4-13(10-15)12(2)16;1-2-4-6-5-3-1/h4-8H,3,9-10H2,1-2H3;1-6H. The van der Waals surface area contributed by atoms with Crippen LogP contribution in [-0.2, 0) is 4.79 Å². The van der Waals surface area contributed by atoms with Gasteiger partial charge < -0.3 is 0 Å². The highest BCUT2D eigenvalue weighted by Crippen LogP contribution is 2.26. The molecule has 1 aliphatic rings. The van der Waals surface area contributed by atoms with Gasteiger partial charge in [-0.15, -0.1) is 0 Å². The Labute approximate surface area is 143 Å². The number of rotatable bonds is 3. The topological polar surface area (TPSA) is 20.3 Å². The van der Waals surface area contributed by atoms with Crippen LogP contribution < -0.4 is 0 Å². The molecule has 0 radical (unpaired) electrons. The molecule has 0 saturated carbocycles. The Hall–Kier alpha value is -1.84. The molecule has 2 nitrogen and oxygen atoms in total. The minimum absolute atomic E-state index is 0.194. The number of carbonyl (C=O) groups is 1. The summed E-state index contributed by atoms with van der Waals surface area (Å²) in [6.45, 7) is 5.50. The van der Waals surface area contributed by atoms with Gasteiger partial charge in [-0.1, -0.05) is 60.2 Å². The van der Waals surface area contributed by atoms with E-state index < -0.39 is 0 Å². The molecule has 0 unspecified atom stereocenters. The van der Waals surface area contributed by atoms with E-state index in [1.54, 1.807) is 18.9 Å². The van der Waals surface area contributed by atoms with Crippen molar-refractivity contribution in [2.45, 2.75) is 25.2 Å². The van der Waals surface area contributed by atoms with Crippen LogP contribution in [0.25, 0.3) is 0 Å². The maximum absolute atomic E-state index is 11.3. The van der Waals surface area contributed by atoms with E-state index in [4.69, 9.17) is 0 Å². The first kappa shape index (κ1) is 17.5. The van der Waals surface area contributed by atoms with Crippen LogP contribution in [0.1, 0.15) is 18.9 Å². The minimum Gasteiger partial charge on any atom is -0.295 e. The van der Waals surface area contributed by atoms with Crippen LogP contribution in [0.5, 0.6) is 0 Å². The number of carbonyl (C=O) groups excluding carboxylic acids is 1. The molecule has 0 aromatic heterocycles. The molecule has 3 heteroatoms. The molecule has 1 heterocycles. The molecule has 0 bridgehead atoms. The summed E-state index contributed by atoms with van der Waals surface area (Å²) in [5, 5.41) is 0. The molecule has 2 aromatic carbocycles. The fourth-order valence-electron chi connectivity index (χ4n) is 2.18. The van der Waals surface area contributed by atoms with Gasteiger partial charge in [-0.05, 0) is 44.3 Å². The molecule has 120 valence electrons. The third kappa shape index (κ3) is 6.43.